The van der Waals surface area contributed by atoms with E-state index in [1.165, 1.54) is 12.1 Å². The first kappa shape index (κ1) is 20.4. The molecule has 30 heavy (non-hydrogen) atoms. The average Bonchev–Trinajstić information content (AvgIpc) is 2.93. The van der Waals surface area contributed by atoms with Gasteiger partial charge in [0.25, 0.3) is 22.2 Å². The van der Waals surface area contributed by atoms with Crippen molar-refractivity contribution >= 4 is 44.4 Å². The van der Waals surface area contributed by atoms with E-state index in [1.54, 1.807) is 36.4 Å². The van der Waals surface area contributed by atoms with Gasteiger partial charge in [-0.25, -0.2) is 18.4 Å². The lowest BCUT2D eigenvalue weighted by molar-refractivity contribution is -0.155. The van der Waals surface area contributed by atoms with Gasteiger partial charge in [-0.1, -0.05) is 49.7 Å². The van der Waals surface area contributed by atoms with E-state index < -0.39 is 27.7 Å². The van der Waals surface area contributed by atoms with Gasteiger partial charge in [0.2, 0.25) is 5.82 Å². The maximum absolute atomic E-state index is 12.9. The van der Waals surface area contributed by atoms with Gasteiger partial charge in [-0.3, -0.25) is 9.52 Å². The zero-order valence-corrected chi connectivity index (χ0v) is 17.7. The molecule has 2 aromatic carbocycles. The van der Waals surface area contributed by atoms with Gasteiger partial charge in [-0.15, -0.1) is 0 Å². The summed E-state index contributed by atoms with van der Waals surface area (Å²) in [5, 5.41) is 0.0621. The first-order chi connectivity index (χ1) is 14.2. The molecule has 0 aliphatic carbocycles. The van der Waals surface area contributed by atoms with Crippen LogP contribution < -0.4 is 9.46 Å². The van der Waals surface area contributed by atoms with Gasteiger partial charge >= 0.3 is 5.97 Å². The molecule has 10 heteroatoms. The lowest BCUT2D eigenvalue weighted by atomic mass is 9.91. The summed E-state index contributed by atoms with van der Waals surface area (Å²) >= 11 is 6.06. The van der Waals surface area contributed by atoms with Gasteiger partial charge in [-0.2, -0.15) is 0 Å². The first-order valence-electron chi connectivity index (χ1n) is 9.06. The number of anilines is 1. The number of esters is 1. The summed E-state index contributed by atoms with van der Waals surface area (Å²) in [6.07, 6.45) is -0.775. The van der Waals surface area contributed by atoms with Crippen molar-refractivity contribution < 1.29 is 22.7 Å². The van der Waals surface area contributed by atoms with E-state index in [2.05, 4.69) is 14.7 Å². The molecule has 1 fully saturated rings. The third kappa shape index (κ3) is 3.90. The van der Waals surface area contributed by atoms with E-state index in [0.29, 0.717) is 11.0 Å². The number of sulfonamides is 1. The maximum Gasteiger partial charge on any atom is 0.309 e. The van der Waals surface area contributed by atoms with Crippen LogP contribution in [-0.4, -0.2) is 30.6 Å². The first-order valence-corrected chi connectivity index (χ1v) is 10.9. The van der Waals surface area contributed by atoms with Crippen molar-refractivity contribution in [3.63, 3.8) is 0 Å². The number of halogens is 1. The molecule has 3 aromatic rings. The summed E-state index contributed by atoms with van der Waals surface area (Å²) in [6, 6.07) is 13.0. The number of carbonyl (C=O) groups is 1. The number of cyclic esters (lactones) is 1. The highest BCUT2D eigenvalue weighted by molar-refractivity contribution is 7.92. The van der Waals surface area contributed by atoms with Gasteiger partial charge in [0.1, 0.15) is 4.90 Å². The van der Waals surface area contributed by atoms with Crippen LogP contribution in [0.3, 0.4) is 0 Å². The molecule has 1 unspecified atom stereocenters. The lowest BCUT2D eigenvalue weighted by Crippen LogP contribution is -2.31. The number of ether oxygens (including phenoxy) is 2. The Kier molecular flexibility index (Phi) is 5.03. The Morgan fingerprint density at radius 3 is 2.37 bits per heavy atom. The number of fused-ring (bicyclic) bond motifs is 1. The third-order valence-corrected chi connectivity index (χ3v) is 6.43. The molecule has 0 bridgehead atoms. The number of rotatable bonds is 5. The number of aromatic nitrogens is 2. The second kappa shape index (κ2) is 7.41. The van der Waals surface area contributed by atoms with Crippen molar-refractivity contribution in [1.82, 2.24) is 9.97 Å². The molecule has 1 saturated heterocycles. The highest BCUT2D eigenvalue weighted by Crippen LogP contribution is 2.38. The molecule has 1 N–H and O–H groups in total. The number of hydrogen-bond donors (Lipinski definition) is 1. The molecule has 0 radical (unpaired) electrons. The number of nitrogens with zero attached hydrogens (tertiary/aromatic N) is 2. The third-order valence-electron chi connectivity index (χ3n) is 4.59. The van der Waals surface area contributed by atoms with Crippen LogP contribution in [0, 0.1) is 5.41 Å². The van der Waals surface area contributed by atoms with E-state index >= 15 is 0 Å². The second-order valence-corrected chi connectivity index (χ2v) is 9.57. The normalized spacial score (nSPS) is 18.2. The van der Waals surface area contributed by atoms with Crippen LogP contribution in [-0.2, 0) is 19.6 Å². The monoisotopic (exact) mass is 447 g/mol. The molecule has 0 spiro atoms. The van der Waals surface area contributed by atoms with Gasteiger partial charge in [0.05, 0.1) is 22.5 Å². The Hall–Kier alpha value is -2.91. The van der Waals surface area contributed by atoms with Crippen molar-refractivity contribution in [3.05, 3.63) is 53.6 Å². The van der Waals surface area contributed by atoms with Gasteiger partial charge in [-0.05, 0) is 24.3 Å². The fourth-order valence-corrected chi connectivity index (χ4v) is 4.56. The smallest absolute Gasteiger partial charge is 0.309 e. The summed E-state index contributed by atoms with van der Waals surface area (Å²) in [5.41, 5.74) is 0.336. The van der Waals surface area contributed by atoms with E-state index in [9.17, 15) is 13.2 Å². The maximum atomic E-state index is 12.9. The predicted molar refractivity (Wildman–Crippen MR) is 111 cm³/mol. The summed E-state index contributed by atoms with van der Waals surface area (Å²) in [4.78, 5) is 20.4. The molecule has 1 aliphatic rings. The summed E-state index contributed by atoms with van der Waals surface area (Å²) in [7, 11) is -4.08. The Bertz CT molecular complexity index is 1250. The molecule has 4 rings (SSSR count). The number of benzene rings is 2. The molecule has 8 nitrogen and oxygen atoms in total. The highest BCUT2D eigenvalue weighted by Gasteiger charge is 2.44. The van der Waals surface area contributed by atoms with E-state index in [-0.39, 0.29) is 28.0 Å². The standard InChI is InChI=1S/C20H18ClN3O5S/c1-20(2)11-16(25)28-19(20)29-18-17(22-13-8-4-5-9-14(13)23-18)24-30(26,27)15-10-6-3-7-12(15)21/h3-10,19H,11H2,1-2H3,(H,22,24). The Balaban J connectivity index is 1.77. The van der Waals surface area contributed by atoms with E-state index in [0.717, 1.165) is 0 Å². The van der Waals surface area contributed by atoms with Crippen LogP contribution in [0.25, 0.3) is 11.0 Å². The Morgan fingerprint density at radius 1 is 1.10 bits per heavy atom. The highest BCUT2D eigenvalue weighted by atomic mass is 35.5. The fraction of sp³-hybridized carbons (Fsp3) is 0.250. The minimum atomic E-state index is -4.08. The molecular formula is C20H18ClN3O5S. The van der Waals surface area contributed by atoms with Crippen molar-refractivity contribution in [2.75, 3.05) is 4.72 Å². The van der Waals surface area contributed by atoms with Crippen LogP contribution in [0.15, 0.2) is 53.4 Å². The summed E-state index contributed by atoms with van der Waals surface area (Å²) in [5.74, 6) is -0.638. The SMILES string of the molecule is CC1(C)CC(=O)OC1Oc1nc2ccccc2nc1NS(=O)(=O)c1ccccc1Cl. The molecule has 2 heterocycles. The van der Waals surface area contributed by atoms with Gasteiger partial charge < -0.3 is 9.47 Å². The van der Waals surface area contributed by atoms with Crippen molar-refractivity contribution in [1.29, 1.82) is 0 Å². The molecule has 0 amide bonds. The molecule has 1 aromatic heterocycles. The fourth-order valence-electron chi connectivity index (χ4n) is 3.04. The van der Waals surface area contributed by atoms with E-state index in [1.807, 2.05) is 13.8 Å². The zero-order valence-electron chi connectivity index (χ0n) is 16.1. The van der Waals surface area contributed by atoms with Crippen LogP contribution in [0.2, 0.25) is 5.02 Å². The van der Waals surface area contributed by atoms with Crippen LogP contribution >= 0.6 is 11.6 Å². The number of hydrogen-bond acceptors (Lipinski definition) is 7. The zero-order chi connectivity index (χ0) is 21.5. The molecule has 1 atom stereocenters. The summed E-state index contributed by atoms with van der Waals surface area (Å²) < 4.78 is 39.3. The van der Waals surface area contributed by atoms with Crippen molar-refractivity contribution in [2.24, 2.45) is 5.41 Å². The van der Waals surface area contributed by atoms with Gasteiger partial charge in [0.15, 0.2) is 0 Å². The largest absolute Gasteiger partial charge is 0.434 e. The number of nitrogens with one attached hydrogen (secondary N) is 1. The van der Waals surface area contributed by atoms with Crippen molar-refractivity contribution in [3.8, 4) is 5.88 Å². The topological polar surface area (TPSA) is 107 Å². The Labute approximate surface area is 178 Å². The minimum absolute atomic E-state index is 0.0621. The van der Waals surface area contributed by atoms with E-state index in [4.69, 9.17) is 21.1 Å². The van der Waals surface area contributed by atoms with Crippen LogP contribution in [0.5, 0.6) is 5.88 Å². The molecule has 0 saturated carbocycles. The van der Waals surface area contributed by atoms with Crippen molar-refractivity contribution in [2.45, 2.75) is 31.5 Å². The predicted octanol–water partition coefficient (Wildman–Crippen LogP) is 3.76. The molecule has 1 aliphatic heterocycles. The minimum Gasteiger partial charge on any atom is -0.434 e. The quantitative estimate of drug-likeness (QED) is 0.593. The second-order valence-electron chi connectivity index (χ2n) is 7.51. The molecule has 156 valence electrons. The molecular weight excluding hydrogens is 430 g/mol. The average molecular weight is 448 g/mol. The summed E-state index contributed by atoms with van der Waals surface area (Å²) in [6.45, 7) is 3.62. The van der Waals surface area contributed by atoms with Crippen LogP contribution in [0.4, 0.5) is 5.82 Å². The van der Waals surface area contributed by atoms with Gasteiger partial charge in [0, 0.05) is 5.41 Å². The lowest BCUT2D eigenvalue weighted by Gasteiger charge is -2.24. The van der Waals surface area contributed by atoms with Crippen LogP contribution in [0.1, 0.15) is 20.3 Å². The number of carbonyl (C=O) groups excluding carboxylic acids is 1. The number of para-hydroxylation sites is 2. The Morgan fingerprint density at radius 2 is 1.73 bits per heavy atom.